The van der Waals surface area contributed by atoms with Crippen LogP contribution in [-0.2, 0) is 6.54 Å². The molecule has 1 saturated heterocycles. The maximum atomic E-state index is 12.9. The number of hydrogen-bond acceptors (Lipinski definition) is 4. The van der Waals surface area contributed by atoms with Gasteiger partial charge in [-0.15, -0.1) is 0 Å². The van der Waals surface area contributed by atoms with Crippen LogP contribution in [0.15, 0.2) is 54.7 Å². The Morgan fingerprint density at radius 1 is 1.06 bits per heavy atom. The summed E-state index contributed by atoms with van der Waals surface area (Å²) in [5.41, 5.74) is 3.55. The van der Waals surface area contributed by atoms with E-state index in [9.17, 15) is 13.6 Å². The Morgan fingerprint density at radius 2 is 1.87 bits per heavy atom. The van der Waals surface area contributed by atoms with E-state index in [0.717, 1.165) is 30.5 Å². The molecule has 0 atom stereocenters. The molecule has 0 saturated carbocycles. The number of aromatic nitrogens is 3. The zero-order chi connectivity index (χ0) is 21.4. The van der Waals surface area contributed by atoms with Crippen LogP contribution in [0.25, 0.3) is 21.9 Å². The van der Waals surface area contributed by atoms with Gasteiger partial charge in [0.25, 0.3) is 12.3 Å². The molecule has 1 aliphatic heterocycles. The van der Waals surface area contributed by atoms with Gasteiger partial charge in [-0.25, -0.2) is 13.8 Å². The molecule has 158 valence electrons. The molecule has 0 unspecified atom stereocenters. The number of fused-ring (bicyclic) bond motifs is 2. The van der Waals surface area contributed by atoms with Gasteiger partial charge in [0.15, 0.2) is 5.82 Å². The molecule has 6 nitrogen and oxygen atoms in total. The van der Waals surface area contributed by atoms with Crippen molar-refractivity contribution in [3.05, 3.63) is 71.7 Å². The zero-order valence-corrected chi connectivity index (χ0v) is 16.8. The first kappa shape index (κ1) is 19.6. The maximum Gasteiger partial charge on any atom is 0.295 e. The molecule has 5 rings (SSSR count). The predicted octanol–water partition coefficient (Wildman–Crippen LogP) is 4.01. The van der Waals surface area contributed by atoms with Crippen LogP contribution in [0, 0.1) is 0 Å². The maximum absolute atomic E-state index is 12.9. The second-order valence-corrected chi connectivity index (χ2v) is 7.72. The van der Waals surface area contributed by atoms with E-state index in [1.807, 2.05) is 23.2 Å². The van der Waals surface area contributed by atoms with Gasteiger partial charge in [-0.1, -0.05) is 24.3 Å². The Morgan fingerprint density at radius 3 is 2.68 bits per heavy atom. The molecule has 3 heterocycles. The van der Waals surface area contributed by atoms with Crippen molar-refractivity contribution in [2.45, 2.75) is 13.0 Å². The number of hydrogen-bond donors (Lipinski definition) is 1. The summed E-state index contributed by atoms with van der Waals surface area (Å²) in [6, 6.07) is 15.1. The number of benzene rings is 2. The van der Waals surface area contributed by atoms with E-state index in [1.54, 1.807) is 18.2 Å². The molecule has 1 N–H and O–H groups in total. The second kappa shape index (κ2) is 8.03. The summed E-state index contributed by atoms with van der Waals surface area (Å²) in [5, 5.41) is 1.12. The highest BCUT2D eigenvalue weighted by molar-refractivity contribution is 5.97. The van der Waals surface area contributed by atoms with E-state index in [2.05, 4.69) is 38.1 Å². The summed E-state index contributed by atoms with van der Waals surface area (Å²) >= 11 is 0. The summed E-state index contributed by atoms with van der Waals surface area (Å²) in [6.07, 6.45) is -0.861. The summed E-state index contributed by atoms with van der Waals surface area (Å²) in [4.78, 5) is 28.0. The fourth-order valence-electron chi connectivity index (χ4n) is 4.09. The molecule has 0 aliphatic carbocycles. The molecule has 0 bridgehead atoms. The normalized spacial score (nSPS) is 15.3. The highest BCUT2D eigenvalue weighted by Gasteiger charge is 2.23. The number of aromatic amines is 1. The van der Waals surface area contributed by atoms with Crippen molar-refractivity contribution in [1.82, 2.24) is 24.8 Å². The lowest BCUT2D eigenvalue weighted by Crippen LogP contribution is -2.48. The highest BCUT2D eigenvalue weighted by atomic mass is 19.3. The lowest BCUT2D eigenvalue weighted by atomic mass is 10.1. The number of amides is 1. The minimum absolute atomic E-state index is 0.0958. The van der Waals surface area contributed by atoms with Gasteiger partial charge in [0.05, 0.1) is 16.6 Å². The van der Waals surface area contributed by atoms with Crippen molar-refractivity contribution in [3.63, 3.8) is 0 Å². The Bertz CT molecular complexity index is 1240. The summed E-state index contributed by atoms with van der Waals surface area (Å²) in [6.45, 7) is 3.53. The van der Waals surface area contributed by atoms with Crippen LogP contribution in [0.3, 0.4) is 0 Å². The van der Waals surface area contributed by atoms with Crippen LogP contribution in [0.5, 0.6) is 0 Å². The molecule has 1 fully saturated rings. The number of carbonyl (C=O) groups is 1. The molecule has 1 amide bonds. The van der Waals surface area contributed by atoms with Crippen LogP contribution >= 0.6 is 0 Å². The van der Waals surface area contributed by atoms with E-state index < -0.39 is 6.43 Å². The smallest absolute Gasteiger partial charge is 0.295 e. The SMILES string of the molecule is O=C(c1ccc2nc(C(F)F)[nH]c2c1)N1CCN(Cc2cccc3cccnc23)CC1. The summed E-state index contributed by atoms with van der Waals surface area (Å²) in [7, 11) is 0. The average Bonchev–Trinajstić information content (AvgIpc) is 3.23. The number of alkyl halides is 2. The third-order valence-corrected chi connectivity index (χ3v) is 5.72. The number of imidazole rings is 1. The predicted molar refractivity (Wildman–Crippen MR) is 114 cm³/mol. The van der Waals surface area contributed by atoms with Crippen LogP contribution in [0.2, 0.25) is 0 Å². The second-order valence-electron chi connectivity index (χ2n) is 7.72. The van der Waals surface area contributed by atoms with Gasteiger partial charge in [0.2, 0.25) is 0 Å². The van der Waals surface area contributed by atoms with Gasteiger partial charge in [-0.2, -0.15) is 0 Å². The van der Waals surface area contributed by atoms with E-state index in [1.165, 1.54) is 5.56 Å². The molecule has 2 aromatic heterocycles. The fraction of sp³-hybridized carbons (Fsp3) is 0.261. The molecule has 1 aliphatic rings. The number of nitrogens with zero attached hydrogens (tertiary/aromatic N) is 4. The molecular weight excluding hydrogens is 400 g/mol. The molecule has 4 aromatic rings. The first-order chi connectivity index (χ1) is 15.1. The van der Waals surface area contributed by atoms with Crippen LogP contribution in [0.4, 0.5) is 8.78 Å². The number of H-pyrrole nitrogens is 1. The van der Waals surface area contributed by atoms with Gasteiger partial charge in [-0.05, 0) is 29.8 Å². The Labute approximate surface area is 177 Å². The van der Waals surface area contributed by atoms with Crippen LogP contribution in [-0.4, -0.2) is 56.8 Å². The van der Waals surface area contributed by atoms with E-state index in [0.29, 0.717) is 29.7 Å². The molecular formula is C23H21F2N5O. The summed E-state index contributed by atoms with van der Waals surface area (Å²) in [5.74, 6) is -0.474. The van der Waals surface area contributed by atoms with Crippen molar-refractivity contribution >= 4 is 27.8 Å². The number of pyridine rings is 1. The third kappa shape index (κ3) is 3.86. The largest absolute Gasteiger partial charge is 0.337 e. The minimum Gasteiger partial charge on any atom is -0.337 e. The van der Waals surface area contributed by atoms with E-state index in [4.69, 9.17) is 0 Å². The molecule has 2 aromatic carbocycles. The fourth-order valence-corrected chi connectivity index (χ4v) is 4.09. The number of piperazine rings is 1. The minimum atomic E-state index is -2.67. The Hall–Kier alpha value is -3.39. The van der Waals surface area contributed by atoms with Gasteiger partial charge in [0.1, 0.15) is 0 Å². The van der Waals surface area contributed by atoms with Gasteiger partial charge in [0, 0.05) is 49.9 Å². The molecule has 8 heteroatoms. The third-order valence-electron chi connectivity index (χ3n) is 5.72. The quantitative estimate of drug-likeness (QED) is 0.541. The summed E-state index contributed by atoms with van der Waals surface area (Å²) < 4.78 is 25.7. The van der Waals surface area contributed by atoms with Crippen molar-refractivity contribution in [1.29, 1.82) is 0 Å². The number of para-hydroxylation sites is 1. The van der Waals surface area contributed by atoms with Gasteiger partial charge < -0.3 is 9.88 Å². The standard InChI is InChI=1S/C23H21F2N5O/c24-21(25)22-27-18-7-6-16(13-19(18)28-22)23(31)30-11-9-29(10-12-30)14-17-4-1-3-15-5-2-8-26-20(15)17/h1-8,13,21H,9-12,14H2,(H,27,28). The van der Waals surface area contributed by atoms with Crippen molar-refractivity contribution in [2.75, 3.05) is 26.2 Å². The topological polar surface area (TPSA) is 65.1 Å². The number of rotatable bonds is 4. The van der Waals surface area contributed by atoms with Crippen molar-refractivity contribution in [3.8, 4) is 0 Å². The number of nitrogens with one attached hydrogen (secondary N) is 1. The van der Waals surface area contributed by atoms with Gasteiger partial charge in [-0.3, -0.25) is 14.7 Å². The van der Waals surface area contributed by atoms with E-state index in [-0.39, 0.29) is 11.7 Å². The molecule has 0 spiro atoms. The highest BCUT2D eigenvalue weighted by Crippen LogP contribution is 2.22. The first-order valence-electron chi connectivity index (χ1n) is 10.2. The Kier molecular flexibility index (Phi) is 5.07. The van der Waals surface area contributed by atoms with Crippen molar-refractivity contribution < 1.29 is 13.6 Å². The number of halogens is 2. The van der Waals surface area contributed by atoms with Gasteiger partial charge >= 0.3 is 0 Å². The molecule has 31 heavy (non-hydrogen) atoms. The van der Waals surface area contributed by atoms with Crippen molar-refractivity contribution in [2.24, 2.45) is 0 Å². The zero-order valence-electron chi connectivity index (χ0n) is 16.8. The average molecular weight is 421 g/mol. The monoisotopic (exact) mass is 421 g/mol. The number of carbonyl (C=O) groups excluding carboxylic acids is 1. The lowest BCUT2D eigenvalue weighted by Gasteiger charge is -2.35. The van der Waals surface area contributed by atoms with E-state index >= 15 is 0 Å². The first-order valence-corrected chi connectivity index (χ1v) is 10.2. The van der Waals surface area contributed by atoms with Crippen LogP contribution < -0.4 is 0 Å². The lowest BCUT2D eigenvalue weighted by molar-refractivity contribution is 0.0629. The molecule has 0 radical (unpaired) electrons. The Balaban J connectivity index is 1.26. The van der Waals surface area contributed by atoms with Crippen LogP contribution in [0.1, 0.15) is 28.2 Å².